The van der Waals surface area contributed by atoms with Crippen molar-refractivity contribution < 1.29 is 0 Å². The third kappa shape index (κ3) is 2.94. The number of halogens is 1. The molecule has 0 saturated heterocycles. The van der Waals surface area contributed by atoms with E-state index >= 15 is 0 Å². The molecule has 0 aliphatic rings. The van der Waals surface area contributed by atoms with Crippen LogP contribution in [0.25, 0.3) is 10.2 Å². The zero-order valence-electron chi connectivity index (χ0n) is 9.07. The molecular formula is C11H12BrNS3. The molecule has 16 heavy (non-hydrogen) atoms. The van der Waals surface area contributed by atoms with Gasteiger partial charge in [-0.2, -0.15) is 0 Å². The lowest BCUT2D eigenvalue weighted by atomic mass is 10.3. The Hall–Kier alpha value is 0.290. The van der Waals surface area contributed by atoms with Crippen LogP contribution in [-0.4, -0.2) is 10.2 Å². The van der Waals surface area contributed by atoms with Gasteiger partial charge >= 0.3 is 0 Å². The normalized spacial score (nSPS) is 13.2. The van der Waals surface area contributed by atoms with E-state index in [1.807, 2.05) is 16.9 Å². The number of para-hydroxylation sites is 1. The molecule has 1 unspecified atom stereocenters. The number of aromatic nitrogens is 1. The van der Waals surface area contributed by atoms with Crippen molar-refractivity contribution in [2.45, 2.75) is 29.9 Å². The molecule has 0 amide bonds. The summed E-state index contributed by atoms with van der Waals surface area (Å²) in [6, 6.07) is 6.22. The molecule has 1 heterocycles. The highest BCUT2D eigenvalue weighted by molar-refractivity contribution is 9.10. The number of hydrogen-bond acceptors (Lipinski definition) is 4. The fourth-order valence-electron chi connectivity index (χ4n) is 1.12. The Labute approximate surface area is 116 Å². The van der Waals surface area contributed by atoms with E-state index in [2.05, 4.69) is 46.9 Å². The average molecular weight is 334 g/mol. The minimum absolute atomic E-state index is 0.681. The van der Waals surface area contributed by atoms with Crippen LogP contribution in [0.1, 0.15) is 20.3 Å². The number of hydrogen-bond donors (Lipinski definition) is 0. The molecule has 0 radical (unpaired) electrons. The molecule has 1 aromatic heterocycles. The second-order valence-corrected chi connectivity index (χ2v) is 8.24. The summed E-state index contributed by atoms with van der Waals surface area (Å²) in [7, 11) is 3.69. The smallest absolute Gasteiger partial charge is 0.161 e. The minimum Gasteiger partial charge on any atom is -0.228 e. The molecule has 0 fully saturated rings. The van der Waals surface area contributed by atoms with Gasteiger partial charge in [-0.25, -0.2) is 4.98 Å². The molecular weight excluding hydrogens is 322 g/mol. The maximum absolute atomic E-state index is 4.63. The summed E-state index contributed by atoms with van der Waals surface area (Å²) in [4.78, 5) is 4.63. The Kier molecular flexibility index (Phi) is 4.58. The molecule has 2 aromatic rings. The first kappa shape index (κ1) is 12.7. The van der Waals surface area contributed by atoms with Crippen LogP contribution in [0, 0.1) is 0 Å². The van der Waals surface area contributed by atoms with Gasteiger partial charge in [-0.15, -0.1) is 11.3 Å². The standard InChI is InChI=1S/C11H12BrNS3/c1-3-7(2)15-16-11-13-10-8(12)5-4-6-9(10)14-11/h4-7H,3H2,1-2H3. The Morgan fingerprint density at radius 2 is 2.31 bits per heavy atom. The highest BCUT2D eigenvalue weighted by atomic mass is 79.9. The second-order valence-electron chi connectivity index (χ2n) is 3.46. The molecule has 0 aliphatic carbocycles. The quantitative estimate of drug-likeness (QED) is 0.676. The first-order valence-electron chi connectivity index (χ1n) is 5.09. The van der Waals surface area contributed by atoms with Gasteiger partial charge in [0.2, 0.25) is 0 Å². The number of thiazole rings is 1. The lowest BCUT2D eigenvalue weighted by Gasteiger charge is -2.03. The van der Waals surface area contributed by atoms with E-state index in [1.54, 1.807) is 22.1 Å². The van der Waals surface area contributed by atoms with Gasteiger partial charge in [0.25, 0.3) is 0 Å². The Morgan fingerprint density at radius 1 is 1.50 bits per heavy atom. The number of rotatable bonds is 4. The van der Waals surface area contributed by atoms with Crippen molar-refractivity contribution in [1.82, 2.24) is 4.98 Å². The third-order valence-corrected chi connectivity index (χ3v) is 7.22. The van der Waals surface area contributed by atoms with Gasteiger partial charge in [0.05, 0.1) is 10.2 Å². The molecule has 1 atom stereocenters. The Balaban J connectivity index is 2.17. The van der Waals surface area contributed by atoms with Crippen LogP contribution in [0.5, 0.6) is 0 Å². The summed E-state index contributed by atoms with van der Waals surface area (Å²) in [5.41, 5.74) is 1.08. The van der Waals surface area contributed by atoms with E-state index in [0.29, 0.717) is 5.25 Å². The Morgan fingerprint density at radius 3 is 3.00 bits per heavy atom. The minimum atomic E-state index is 0.681. The topological polar surface area (TPSA) is 12.9 Å². The number of fused-ring (bicyclic) bond motifs is 1. The van der Waals surface area contributed by atoms with Crippen molar-refractivity contribution in [2.24, 2.45) is 0 Å². The van der Waals surface area contributed by atoms with Crippen LogP contribution >= 0.6 is 48.9 Å². The molecule has 86 valence electrons. The van der Waals surface area contributed by atoms with Crippen molar-refractivity contribution in [2.75, 3.05) is 0 Å². The van der Waals surface area contributed by atoms with Gasteiger partial charge in [0, 0.05) is 9.72 Å². The summed E-state index contributed by atoms with van der Waals surface area (Å²) in [6.07, 6.45) is 1.20. The molecule has 2 rings (SSSR count). The van der Waals surface area contributed by atoms with E-state index in [-0.39, 0.29) is 0 Å². The first-order chi connectivity index (χ1) is 7.70. The highest BCUT2D eigenvalue weighted by Gasteiger charge is 2.08. The first-order valence-corrected chi connectivity index (χ1v) is 8.91. The van der Waals surface area contributed by atoms with Crippen molar-refractivity contribution in [3.05, 3.63) is 22.7 Å². The van der Waals surface area contributed by atoms with Crippen LogP contribution in [0.4, 0.5) is 0 Å². The molecule has 0 saturated carbocycles. The van der Waals surface area contributed by atoms with Gasteiger partial charge < -0.3 is 0 Å². The third-order valence-electron chi connectivity index (χ3n) is 2.21. The molecule has 0 N–H and O–H groups in total. The summed E-state index contributed by atoms with van der Waals surface area (Å²) in [5.74, 6) is 0. The van der Waals surface area contributed by atoms with Crippen molar-refractivity contribution >= 4 is 59.1 Å². The lowest BCUT2D eigenvalue weighted by Crippen LogP contribution is -1.87. The van der Waals surface area contributed by atoms with Crippen molar-refractivity contribution in [1.29, 1.82) is 0 Å². The summed E-state index contributed by atoms with van der Waals surface area (Å²) in [5, 5.41) is 0.681. The van der Waals surface area contributed by atoms with E-state index in [1.165, 1.54) is 11.1 Å². The zero-order chi connectivity index (χ0) is 11.5. The van der Waals surface area contributed by atoms with Crippen LogP contribution in [0.2, 0.25) is 0 Å². The number of benzene rings is 1. The highest BCUT2D eigenvalue weighted by Crippen LogP contribution is 2.40. The molecule has 1 nitrogen and oxygen atoms in total. The van der Waals surface area contributed by atoms with E-state index in [4.69, 9.17) is 0 Å². The van der Waals surface area contributed by atoms with E-state index in [0.717, 1.165) is 14.3 Å². The van der Waals surface area contributed by atoms with E-state index < -0.39 is 0 Å². The average Bonchev–Trinajstić information content (AvgIpc) is 2.70. The van der Waals surface area contributed by atoms with Gasteiger partial charge in [-0.05, 0) is 45.3 Å². The van der Waals surface area contributed by atoms with E-state index in [9.17, 15) is 0 Å². The molecule has 0 spiro atoms. The predicted molar refractivity (Wildman–Crippen MR) is 80.5 cm³/mol. The zero-order valence-corrected chi connectivity index (χ0v) is 13.1. The molecule has 1 aromatic carbocycles. The largest absolute Gasteiger partial charge is 0.228 e. The fraction of sp³-hybridized carbons (Fsp3) is 0.364. The predicted octanol–water partition coefficient (Wildman–Crippen LogP) is 5.60. The van der Waals surface area contributed by atoms with Crippen molar-refractivity contribution in [3.8, 4) is 0 Å². The summed E-state index contributed by atoms with van der Waals surface area (Å²) < 4.78 is 3.48. The lowest BCUT2D eigenvalue weighted by molar-refractivity contribution is 0.912. The maximum atomic E-state index is 4.63. The van der Waals surface area contributed by atoms with Gasteiger partial charge in [0.1, 0.15) is 0 Å². The molecule has 0 bridgehead atoms. The van der Waals surface area contributed by atoms with Crippen LogP contribution in [0.15, 0.2) is 27.0 Å². The van der Waals surface area contributed by atoms with Gasteiger partial charge in [-0.3, -0.25) is 0 Å². The van der Waals surface area contributed by atoms with Crippen LogP contribution in [-0.2, 0) is 0 Å². The van der Waals surface area contributed by atoms with Gasteiger partial charge in [-0.1, -0.05) is 30.7 Å². The van der Waals surface area contributed by atoms with Crippen LogP contribution in [0.3, 0.4) is 0 Å². The summed E-state index contributed by atoms with van der Waals surface area (Å²) in [6.45, 7) is 4.47. The molecule has 5 heteroatoms. The molecule has 0 aliphatic heterocycles. The Bertz CT molecular complexity index is 483. The SMILES string of the molecule is CCC(C)SSc1nc2c(Br)cccc2s1. The van der Waals surface area contributed by atoms with Crippen LogP contribution < -0.4 is 0 Å². The summed E-state index contributed by atoms with van der Waals surface area (Å²) >= 11 is 5.30. The maximum Gasteiger partial charge on any atom is 0.161 e. The monoisotopic (exact) mass is 333 g/mol. The second kappa shape index (κ2) is 5.76. The van der Waals surface area contributed by atoms with Gasteiger partial charge in [0.15, 0.2) is 4.34 Å². The van der Waals surface area contributed by atoms with Crippen molar-refractivity contribution in [3.63, 3.8) is 0 Å². The number of nitrogens with zero attached hydrogens (tertiary/aromatic N) is 1. The fourth-order valence-corrected chi connectivity index (χ4v) is 5.27.